The molecule has 0 radical (unpaired) electrons. The minimum Gasteiger partial charge on any atom is -0.464 e. The number of amides is 1. The largest absolute Gasteiger partial charge is 0.464 e. The summed E-state index contributed by atoms with van der Waals surface area (Å²) in [6, 6.07) is 6.71. The van der Waals surface area contributed by atoms with Crippen LogP contribution in [0.25, 0.3) is 0 Å². The van der Waals surface area contributed by atoms with Crippen molar-refractivity contribution in [3.63, 3.8) is 0 Å². The second-order valence-electron chi connectivity index (χ2n) is 5.67. The highest BCUT2D eigenvalue weighted by Crippen LogP contribution is 2.15. The first-order valence-electron chi connectivity index (χ1n) is 7.62. The number of aryl methyl sites for hydroxylation is 1. The van der Waals surface area contributed by atoms with Gasteiger partial charge in [-0.2, -0.15) is 0 Å². The first-order valence-corrected chi connectivity index (χ1v) is 7.62. The molecule has 1 aromatic carbocycles. The number of nitrogens with zero attached hydrogens (tertiary/aromatic N) is 1. The van der Waals surface area contributed by atoms with E-state index in [4.69, 9.17) is 5.21 Å². The number of oxime groups is 1. The van der Waals surface area contributed by atoms with Crippen LogP contribution >= 0.6 is 0 Å². The third-order valence-electron chi connectivity index (χ3n) is 3.37. The Bertz CT molecular complexity index is 791. The summed E-state index contributed by atoms with van der Waals surface area (Å²) in [7, 11) is 0.994. The van der Waals surface area contributed by atoms with Gasteiger partial charge in [0.05, 0.1) is 7.11 Å². The number of ether oxygens (including phenoxy) is 1. The molecule has 0 bridgehead atoms. The fourth-order valence-electron chi connectivity index (χ4n) is 2.11. The van der Waals surface area contributed by atoms with Gasteiger partial charge < -0.3 is 15.3 Å². The number of hydrogen-bond donors (Lipinski definition) is 2. The average Bonchev–Trinajstić information content (AvgIpc) is 2.59. The lowest BCUT2D eigenvalue weighted by molar-refractivity contribution is -0.140. The van der Waals surface area contributed by atoms with Gasteiger partial charge in [0, 0.05) is 5.69 Å². The molecule has 8 heteroatoms. The Labute approximate surface area is 150 Å². The molecule has 0 aliphatic carbocycles. The third-order valence-corrected chi connectivity index (χ3v) is 3.37. The van der Waals surface area contributed by atoms with Gasteiger partial charge in [0.25, 0.3) is 5.91 Å². The van der Waals surface area contributed by atoms with Gasteiger partial charge in [0.1, 0.15) is 5.92 Å². The van der Waals surface area contributed by atoms with Crippen molar-refractivity contribution >= 4 is 34.8 Å². The van der Waals surface area contributed by atoms with Crippen LogP contribution in [0.5, 0.6) is 0 Å². The monoisotopic (exact) mass is 360 g/mol. The second-order valence-corrected chi connectivity index (χ2v) is 5.67. The van der Waals surface area contributed by atoms with Crippen molar-refractivity contribution in [1.82, 2.24) is 0 Å². The van der Waals surface area contributed by atoms with Gasteiger partial charge >= 0.3 is 5.97 Å². The summed E-state index contributed by atoms with van der Waals surface area (Å²) < 4.78 is 4.42. The van der Waals surface area contributed by atoms with E-state index in [1.165, 1.54) is 0 Å². The van der Waals surface area contributed by atoms with E-state index in [0.717, 1.165) is 13.2 Å². The van der Waals surface area contributed by atoms with Crippen molar-refractivity contribution in [2.45, 2.75) is 20.8 Å². The van der Waals surface area contributed by atoms with Crippen LogP contribution in [0.3, 0.4) is 0 Å². The number of anilines is 1. The molecule has 1 atom stereocenters. The van der Waals surface area contributed by atoms with Crippen LogP contribution in [0.1, 0.15) is 19.4 Å². The van der Waals surface area contributed by atoms with Gasteiger partial charge in [-0.15, -0.1) is 0 Å². The topological polar surface area (TPSA) is 122 Å². The predicted molar refractivity (Wildman–Crippen MR) is 94.0 cm³/mol. The zero-order valence-corrected chi connectivity index (χ0v) is 14.9. The summed E-state index contributed by atoms with van der Waals surface area (Å²) in [5, 5.41) is 14.2. The maximum Gasteiger partial charge on any atom is 0.357 e. The number of esters is 1. The first kappa shape index (κ1) is 20.8. The number of hydrogen-bond acceptors (Lipinski definition) is 7. The molecule has 2 N–H and O–H groups in total. The fourth-order valence-corrected chi connectivity index (χ4v) is 2.11. The zero-order valence-electron chi connectivity index (χ0n) is 14.9. The number of carbonyl (C=O) groups is 4. The van der Waals surface area contributed by atoms with Gasteiger partial charge in [-0.3, -0.25) is 14.4 Å². The predicted octanol–water partition coefficient (Wildman–Crippen LogP) is 1.66. The van der Waals surface area contributed by atoms with Gasteiger partial charge in [-0.1, -0.05) is 28.9 Å². The van der Waals surface area contributed by atoms with E-state index in [2.05, 4.69) is 15.2 Å². The maximum atomic E-state index is 12.5. The number of carbonyl (C=O) groups excluding carboxylic acids is 4. The van der Waals surface area contributed by atoms with Gasteiger partial charge in [0.15, 0.2) is 11.5 Å². The number of rotatable bonds is 7. The average molecular weight is 360 g/mol. The fraction of sp³-hybridized carbons (Fsp3) is 0.278. The molecule has 0 spiro atoms. The molecule has 26 heavy (non-hydrogen) atoms. The molecular weight excluding hydrogens is 340 g/mol. The van der Waals surface area contributed by atoms with Gasteiger partial charge in [-0.25, -0.2) is 4.79 Å². The number of benzene rings is 1. The van der Waals surface area contributed by atoms with E-state index in [0.29, 0.717) is 16.8 Å². The van der Waals surface area contributed by atoms with Crippen LogP contribution in [0.2, 0.25) is 0 Å². The van der Waals surface area contributed by atoms with E-state index in [-0.39, 0.29) is 0 Å². The summed E-state index contributed by atoms with van der Waals surface area (Å²) in [5.41, 5.74) is 0.749. The molecule has 1 amide bonds. The molecule has 8 nitrogen and oxygen atoms in total. The van der Waals surface area contributed by atoms with Crippen LogP contribution in [0.15, 0.2) is 41.1 Å². The lowest BCUT2D eigenvalue weighted by atomic mass is 9.91. The van der Waals surface area contributed by atoms with E-state index in [1.807, 2.05) is 0 Å². The van der Waals surface area contributed by atoms with Crippen LogP contribution in [0, 0.1) is 12.8 Å². The number of allylic oxidation sites excluding steroid dienone is 2. The highest BCUT2D eigenvalue weighted by molar-refractivity contribution is 6.56. The molecule has 138 valence electrons. The lowest BCUT2D eigenvalue weighted by Gasteiger charge is -2.14. The molecule has 0 heterocycles. The van der Waals surface area contributed by atoms with Crippen molar-refractivity contribution in [2.75, 3.05) is 12.4 Å². The molecule has 1 aromatic rings. The Morgan fingerprint density at radius 1 is 1.19 bits per heavy atom. The van der Waals surface area contributed by atoms with Crippen LogP contribution in [-0.2, 0) is 23.9 Å². The Hall–Kier alpha value is -3.29. The number of methoxy groups -OCH3 is 1. The normalized spacial score (nSPS) is 11.9. The standard InChI is InChI=1S/C18H20N2O6/c1-10(2)9-13(21)14(15(20-25)18(24)26-4)16(22)17(23)19-12-8-6-5-7-11(12)3/h5-9,14,25H,1-4H3,(H,19,23)/b20-15-. The second kappa shape index (κ2) is 9.26. The highest BCUT2D eigenvalue weighted by atomic mass is 16.5. The number of Topliss-reactive ketones (excluding diaryl/α,β-unsaturated/α-hetero) is 1. The zero-order chi connectivity index (χ0) is 19.9. The van der Waals surface area contributed by atoms with Crippen LogP contribution in [0.4, 0.5) is 5.69 Å². The van der Waals surface area contributed by atoms with Crippen molar-refractivity contribution < 1.29 is 29.1 Å². The molecule has 0 aromatic heterocycles. The SMILES string of the molecule is COC(=O)/C(=N\O)C(C(=O)C=C(C)C)C(=O)C(=O)Nc1ccccc1C. The first-order chi connectivity index (χ1) is 12.2. The summed E-state index contributed by atoms with van der Waals surface area (Å²) in [5.74, 6) is -6.33. The minimum atomic E-state index is -1.91. The number of para-hydroxylation sites is 1. The molecule has 0 fully saturated rings. The van der Waals surface area contributed by atoms with Gasteiger partial charge in [0.2, 0.25) is 5.78 Å². The third kappa shape index (κ3) is 5.10. The van der Waals surface area contributed by atoms with Crippen molar-refractivity contribution in [3.8, 4) is 0 Å². The smallest absolute Gasteiger partial charge is 0.357 e. The van der Waals surface area contributed by atoms with Crippen LogP contribution in [-0.4, -0.2) is 41.5 Å². The van der Waals surface area contributed by atoms with E-state index in [1.54, 1.807) is 45.0 Å². The summed E-state index contributed by atoms with van der Waals surface area (Å²) >= 11 is 0. The quantitative estimate of drug-likeness (QED) is 0.145. The Morgan fingerprint density at radius 2 is 1.81 bits per heavy atom. The Morgan fingerprint density at radius 3 is 2.31 bits per heavy atom. The Kier molecular flexibility index (Phi) is 7.39. The van der Waals surface area contributed by atoms with Crippen molar-refractivity contribution in [2.24, 2.45) is 11.1 Å². The summed E-state index contributed by atoms with van der Waals surface area (Å²) in [6.07, 6.45) is 1.08. The van der Waals surface area contributed by atoms with E-state index < -0.39 is 35.1 Å². The van der Waals surface area contributed by atoms with E-state index in [9.17, 15) is 19.2 Å². The molecule has 1 unspecified atom stereocenters. The van der Waals surface area contributed by atoms with Gasteiger partial charge in [-0.05, 0) is 38.5 Å². The molecule has 0 aliphatic heterocycles. The summed E-state index contributed by atoms with van der Waals surface area (Å²) in [4.78, 5) is 49.0. The number of nitrogens with one attached hydrogen (secondary N) is 1. The molecule has 0 saturated heterocycles. The number of ketones is 2. The van der Waals surface area contributed by atoms with Crippen LogP contribution < -0.4 is 5.32 Å². The highest BCUT2D eigenvalue weighted by Gasteiger charge is 2.39. The molecule has 0 saturated carbocycles. The van der Waals surface area contributed by atoms with Crippen molar-refractivity contribution in [1.29, 1.82) is 0 Å². The molecule has 1 rings (SSSR count). The van der Waals surface area contributed by atoms with E-state index >= 15 is 0 Å². The lowest BCUT2D eigenvalue weighted by Crippen LogP contribution is -2.42. The molecule has 0 aliphatic rings. The minimum absolute atomic E-state index is 0.375. The summed E-state index contributed by atoms with van der Waals surface area (Å²) in [6.45, 7) is 4.92. The maximum absolute atomic E-state index is 12.5. The Balaban J connectivity index is 3.24. The van der Waals surface area contributed by atoms with Crippen molar-refractivity contribution in [3.05, 3.63) is 41.5 Å². The molecular formula is C18H20N2O6.